The van der Waals surface area contributed by atoms with Gasteiger partial charge in [-0.3, -0.25) is 4.79 Å². The van der Waals surface area contributed by atoms with E-state index in [-0.39, 0.29) is 11.3 Å². The van der Waals surface area contributed by atoms with Gasteiger partial charge in [0.1, 0.15) is 11.9 Å². The molecule has 174 valence electrons. The SMILES string of the molecule is Cc1c(CC(=O)N[C@H](CO)C(=O)O)cc(-c2ccc(S(C)(=O)=O)cc2)n1-c1cccc(F)c1. The van der Waals surface area contributed by atoms with Gasteiger partial charge in [0, 0.05) is 17.6 Å². The molecule has 1 heterocycles. The number of hydrogen-bond donors (Lipinski definition) is 3. The normalized spacial score (nSPS) is 12.4. The Morgan fingerprint density at radius 3 is 2.33 bits per heavy atom. The van der Waals surface area contributed by atoms with Crippen molar-refractivity contribution in [1.29, 1.82) is 0 Å². The smallest absolute Gasteiger partial charge is 0.328 e. The van der Waals surface area contributed by atoms with Crippen LogP contribution in [0.1, 0.15) is 11.3 Å². The lowest BCUT2D eigenvalue weighted by atomic mass is 10.1. The maximum Gasteiger partial charge on any atom is 0.328 e. The van der Waals surface area contributed by atoms with Crippen LogP contribution in [0.2, 0.25) is 0 Å². The Morgan fingerprint density at radius 2 is 1.79 bits per heavy atom. The summed E-state index contributed by atoms with van der Waals surface area (Å²) < 4.78 is 39.3. The van der Waals surface area contributed by atoms with Crippen LogP contribution in [0.25, 0.3) is 16.9 Å². The number of aliphatic hydroxyl groups excluding tert-OH is 1. The number of hydrogen-bond acceptors (Lipinski definition) is 5. The molecular weight excluding hydrogens is 451 g/mol. The van der Waals surface area contributed by atoms with E-state index in [0.717, 1.165) is 6.26 Å². The van der Waals surface area contributed by atoms with Crippen molar-refractivity contribution in [2.75, 3.05) is 12.9 Å². The largest absolute Gasteiger partial charge is 0.480 e. The van der Waals surface area contributed by atoms with E-state index in [4.69, 9.17) is 10.2 Å². The van der Waals surface area contributed by atoms with E-state index in [2.05, 4.69) is 5.32 Å². The number of amides is 1. The van der Waals surface area contributed by atoms with Crippen LogP contribution in [0.4, 0.5) is 4.39 Å². The van der Waals surface area contributed by atoms with Crippen LogP contribution in [-0.4, -0.2) is 54.0 Å². The molecule has 0 bridgehead atoms. The monoisotopic (exact) mass is 474 g/mol. The molecule has 0 aliphatic heterocycles. The van der Waals surface area contributed by atoms with E-state index >= 15 is 0 Å². The molecule has 0 radical (unpaired) electrons. The van der Waals surface area contributed by atoms with E-state index in [1.54, 1.807) is 41.8 Å². The summed E-state index contributed by atoms with van der Waals surface area (Å²) in [5.41, 5.74) is 2.91. The molecule has 8 nitrogen and oxygen atoms in total. The molecule has 1 aromatic heterocycles. The quantitative estimate of drug-likeness (QED) is 0.459. The summed E-state index contributed by atoms with van der Waals surface area (Å²) in [5, 5.41) is 20.4. The van der Waals surface area contributed by atoms with Crippen LogP contribution in [0.5, 0.6) is 0 Å². The summed E-state index contributed by atoms with van der Waals surface area (Å²) in [4.78, 5) is 23.7. The first-order valence-corrected chi connectivity index (χ1v) is 11.8. The van der Waals surface area contributed by atoms with Gasteiger partial charge in [-0.2, -0.15) is 0 Å². The van der Waals surface area contributed by atoms with Crippen molar-refractivity contribution in [3.8, 4) is 16.9 Å². The number of nitrogens with zero attached hydrogens (tertiary/aromatic N) is 1. The Labute approximate surface area is 190 Å². The number of nitrogens with one attached hydrogen (secondary N) is 1. The van der Waals surface area contributed by atoms with Crippen molar-refractivity contribution >= 4 is 21.7 Å². The highest BCUT2D eigenvalue weighted by molar-refractivity contribution is 7.90. The first-order chi connectivity index (χ1) is 15.5. The fourth-order valence-electron chi connectivity index (χ4n) is 3.47. The van der Waals surface area contributed by atoms with E-state index in [1.807, 2.05) is 0 Å². The van der Waals surface area contributed by atoms with Crippen LogP contribution >= 0.6 is 0 Å². The van der Waals surface area contributed by atoms with Crippen LogP contribution in [0, 0.1) is 12.7 Å². The van der Waals surface area contributed by atoms with Crippen LogP contribution in [0.3, 0.4) is 0 Å². The van der Waals surface area contributed by atoms with Gasteiger partial charge in [0.25, 0.3) is 0 Å². The van der Waals surface area contributed by atoms with Gasteiger partial charge in [-0.05, 0) is 54.4 Å². The predicted octanol–water partition coefficient (Wildman–Crippen LogP) is 2.10. The Hall–Kier alpha value is -3.50. The van der Waals surface area contributed by atoms with Crippen molar-refractivity contribution < 1.29 is 32.6 Å². The second-order valence-electron chi connectivity index (χ2n) is 7.57. The van der Waals surface area contributed by atoms with Crippen LogP contribution in [-0.2, 0) is 25.8 Å². The van der Waals surface area contributed by atoms with Gasteiger partial charge in [0.2, 0.25) is 5.91 Å². The van der Waals surface area contributed by atoms with E-state index in [9.17, 15) is 22.4 Å². The molecule has 0 unspecified atom stereocenters. The summed E-state index contributed by atoms with van der Waals surface area (Å²) in [6, 6.07) is 12.3. The summed E-state index contributed by atoms with van der Waals surface area (Å²) in [5.74, 6) is -2.41. The molecule has 0 saturated heterocycles. The first-order valence-electron chi connectivity index (χ1n) is 9.92. The summed E-state index contributed by atoms with van der Waals surface area (Å²) >= 11 is 0. The fraction of sp³-hybridized carbons (Fsp3) is 0.217. The van der Waals surface area contributed by atoms with Crippen molar-refractivity contribution in [2.24, 2.45) is 0 Å². The maximum atomic E-state index is 14.0. The molecule has 0 fully saturated rings. The van der Waals surface area contributed by atoms with Crippen molar-refractivity contribution in [2.45, 2.75) is 24.3 Å². The number of aromatic nitrogens is 1. The highest BCUT2D eigenvalue weighted by Crippen LogP contribution is 2.31. The van der Waals surface area contributed by atoms with Crippen LogP contribution < -0.4 is 5.32 Å². The third kappa shape index (κ3) is 5.47. The molecule has 10 heteroatoms. The number of aliphatic carboxylic acids is 1. The minimum absolute atomic E-state index is 0.148. The minimum Gasteiger partial charge on any atom is -0.480 e. The second kappa shape index (κ2) is 9.55. The number of rotatable bonds is 8. The number of halogens is 1. The average Bonchev–Trinajstić information content (AvgIpc) is 3.07. The molecule has 0 aliphatic carbocycles. The molecule has 3 rings (SSSR count). The fourth-order valence-corrected chi connectivity index (χ4v) is 4.10. The Bertz CT molecular complexity index is 1300. The molecule has 33 heavy (non-hydrogen) atoms. The molecular formula is C23H23FN2O6S. The number of carboxylic acids is 1. The highest BCUT2D eigenvalue weighted by atomic mass is 32.2. The van der Waals surface area contributed by atoms with Gasteiger partial charge in [-0.1, -0.05) is 18.2 Å². The third-order valence-electron chi connectivity index (χ3n) is 5.16. The maximum absolute atomic E-state index is 14.0. The zero-order valence-corrected chi connectivity index (χ0v) is 18.8. The van der Waals surface area contributed by atoms with Crippen molar-refractivity contribution in [1.82, 2.24) is 9.88 Å². The number of carbonyl (C=O) groups is 2. The van der Waals surface area contributed by atoms with Gasteiger partial charge in [0.05, 0.1) is 23.6 Å². The molecule has 0 spiro atoms. The standard InChI is InChI=1S/C23H23FN2O6S/c1-14-16(11-22(28)25-20(13-27)23(29)30)10-21(26(14)18-5-3-4-17(24)12-18)15-6-8-19(9-7-15)33(2,31)32/h3-10,12,20,27H,11,13H2,1-2H3,(H,25,28)(H,29,30)/t20-/m1/s1. The highest BCUT2D eigenvalue weighted by Gasteiger charge is 2.22. The number of carboxylic acid groups (broad SMARTS) is 1. The Balaban J connectivity index is 2.07. The summed E-state index contributed by atoms with van der Waals surface area (Å²) in [6.07, 6.45) is 0.932. The van der Waals surface area contributed by atoms with Gasteiger partial charge in [0.15, 0.2) is 9.84 Å². The molecule has 1 amide bonds. The van der Waals surface area contributed by atoms with Gasteiger partial charge >= 0.3 is 5.97 Å². The van der Waals surface area contributed by atoms with Crippen molar-refractivity contribution in [3.63, 3.8) is 0 Å². The lowest BCUT2D eigenvalue weighted by Gasteiger charge is -2.13. The zero-order chi connectivity index (χ0) is 24.3. The number of benzene rings is 2. The second-order valence-corrected chi connectivity index (χ2v) is 9.59. The molecule has 3 N–H and O–H groups in total. The molecule has 0 aliphatic rings. The lowest BCUT2D eigenvalue weighted by Crippen LogP contribution is -2.43. The number of aliphatic hydroxyl groups is 1. The number of carbonyl (C=O) groups excluding carboxylic acids is 1. The van der Waals surface area contributed by atoms with Gasteiger partial charge in [-0.25, -0.2) is 17.6 Å². The average molecular weight is 475 g/mol. The molecule has 0 saturated carbocycles. The number of sulfone groups is 1. The zero-order valence-electron chi connectivity index (χ0n) is 17.9. The molecule has 2 aromatic carbocycles. The summed E-state index contributed by atoms with van der Waals surface area (Å²) in [7, 11) is -3.39. The third-order valence-corrected chi connectivity index (χ3v) is 6.29. The van der Waals surface area contributed by atoms with Gasteiger partial charge in [-0.15, -0.1) is 0 Å². The lowest BCUT2D eigenvalue weighted by molar-refractivity contribution is -0.142. The Kier molecular flexibility index (Phi) is 6.99. The van der Waals surface area contributed by atoms with E-state index in [1.165, 1.54) is 24.3 Å². The van der Waals surface area contributed by atoms with Crippen LogP contribution in [0.15, 0.2) is 59.5 Å². The van der Waals surface area contributed by atoms with E-state index < -0.39 is 40.2 Å². The predicted molar refractivity (Wildman–Crippen MR) is 119 cm³/mol. The first kappa shape index (κ1) is 24.1. The van der Waals surface area contributed by atoms with Gasteiger partial charge < -0.3 is 20.1 Å². The Morgan fingerprint density at radius 1 is 1.12 bits per heavy atom. The molecule has 1 atom stereocenters. The topological polar surface area (TPSA) is 126 Å². The van der Waals surface area contributed by atoms with Crippen molar-refractivity contribution in [3.05, 3.63) is 71.7 Å². The minimum atomic E-state index is -3.39. The summed E-state index contributed by atoms with van der Waals surface area (Å²) in [6.45, 7) is 0.991. The van der Waals surface area contributed by atoms with E-state index in [0.29, 0.717) is 28.2 Å². The molecule has 3 aromatic rings.